The molecule has 3 heteroatoms. The Morgan fingerprint density at radius 3 is 2.19 bits per heavy atom. The van der Waals surface area contributed by atoms with E-state index in [-0.39, 0.29) is 0 Å². The molecule has 0 aliphatic carbocycles. The van der Waals surface area contributed by atoms with E-state index < -0.39 is 0 Å². The van der Waals surface area contributed by atoms with Gasteiger partial charge in [-0.3, -0.25) is 0 Å². The fraction of sp³-hybridized carbons (Fsp3) is 0.538. The zero-order chi connectivity index (χ0) is 12.0. The van der Waals surface area contributed by atoms with Gasteiger partial charge >= 0.3 is 0 Å². The zero-order valence-corrected chi connectivity index (χ0v) is 13.1. The molecule has 0 bridgehead atoms. The Bertz CT molecular complexity index is 305. The molecule has 1 atom stereocenters. The summed E-state index contributed by atoms with van der Waals surface area (Å²) in [4.78, 5) is 0. The topological polar surface area (TPSA) is 12.0 Å². The van der Waals surface area contributed by atoms with Crippen LogP contribution in [-0.4, -0.2) is 6.54 Å². The molecule has 0 saturated carbocycles. The molecule has 0 aromatic heterocycles. The first kappa shape index (κ1) is 14.2. The molecule has 1 nitrogen and oxygen atoms in total. The maximum atomic E-state index is 3.60. The van der Waals surface area contributed by atoms with Crippen molar-refractivity contribution in [2.45, 2.75) is 39.2 Å². The van der Waals surface area contributed by atoms with Crippen molar-refractivity contribution in [3.05, 3.63) is 32.7 Å². The lowest BCUT2D eigenvalue weighted by Gasteiger charge is -2.19. The summed E-state index contributed by atoms with van der Waals surface area (Å²) in [6.07, 6.45) is 3.56. The van der Waals surface area contributed by atoms with Gasteiger partial charge in [-0.25, -0.2) is 0 Å². The first-order chi connectivity index (χ1) is 7.67. The van der Waals surface area contributed by atoms with Crippen molar-refractivity contribution >= 4 is 31.9 Å². The molecular weight excluding hydrogens is 330 g/mol. The van der Waals surface area contributed by atoms with E-state index in [0.29, 0.717) is 6.04 Å². The Kier molecular flexibility index (Phi) is 6.62. The van der Waals surface area contributed by atoms with Gasteiger partial charge in [0, 0.05) is 15.0 Å². The molecule has 90 valence electrons. The molecule has 16 heavy (non-hydrogen) atoms. The Balaban J connectivity index is 2.82. The predicted molar refractivity (Wildman–Crippen MR) is 77.8 cm³/mol. The summed E-state index contributed by atoms with van der Waals surface area (Å²) in [6.45, 7) is 5.51. The molecule has 1 N–H and O–H groups in total. The van der Waals surface area contributed by atoms with Crippen LogP contribution in [0.1, 0.15) is 44.7 Å². The monoisotopic (exact) mass is 347 g/mol. The molecular formula is C13H19Br2N. The van der Waals surface area contributed by atoms with Gasteiger partial charge in [0.2, 0.25) is 0 Å². The van der Waals surface area contributed by atoms with Gasteiger partial charge in [-0.05, 0) is 43.1 Å². The third kappa shape index (κ3) is 4.56. The highest BCUT2D eigenvalue weighted by atomic mass is 79.9. The molecule has 0 saturated heterocycles. The fourth-order valence-corrected chi connectivity index (χ4v) is 3.10. The van der Waals surface area contributed by atoms with Gasteiger partial charge in [0.1, 0.15) is 0 Å². The van der Waals surface area contributed by atoms with Crippen LogP contribution in [0.3, 0.4) is 0 Å². The van der Waals surface area contributed by atoms with Crippen molar-refractivity contribution in [2.24, 2.45) is 0 Å². The van der Waals surface area contributed by atoms with Crippen LogP contribution >= 0.6 is 31.9 Å². The van der Waals surface area contributed by atoms with Crippen molar-refractivity contribution in [1.29, 1.82) is 0 Å². The summed E-state index contributed by atoms with van der Waals surface area (Å²) in [5.74, 6) is 0. The SMILES string of the molecule is CCCNC(CCC)c1cc(Br)cc(Br)c1. The Hall–Kier alpha value is 0.140. The third-order valence-electron chi connectivity index (χ3n) is 2.51. The van der Waals surface area contributed by atoms with Gasteiger partial charge in [-0.1, -0.05) is 52.1 Å². The van der Waals surface area contributed by atoms with Crippen molar-refractivity contribution in [3.63, 3.8) is 0 Å². The molecule has 0 radical (unpaired) electrons. The molecule has 1 aromatic rings. The van der Waals surface area contributed by atoms with Crippen LogP contribution in [0.4, 0.5) is 0 Å². The largest absolute Gasteiger partial charge is 0.310 e. The van der Waals surface area contributed by atoms with E-state index in [1.54, 1.807) is 0 Å². The molecule has 0 aliphatic heterocycles. The van der Waals surface area contributed by atoms with Crippen molar-refractivity contribution in [2.75, 3.05) is 6.54 Å². The summed E-state index contributed by atoms with van der Waals surface area (Å²) in [5, 5.41) is 3.60. The minimum Gasteiger partial charge on any atom is -0.310 e. The van der Waals surface area contributed by atoms with Crippen LogP contribution in [0.15, 0.2) is 27.1 Å². The van der Waals surface area contributed by atoms with Crippen molar-refractivity contribution in [1.82, 2.24) is 5.32 Å². The number of rotatable bonds is 6. The number of hydrogen-bond acceptors (Lipinski definition) is 1. The van der Waals surface area contributed by atoms with Gasteiger partial charge in [-0.2, -0.15) is 0 Å². The van der Waals surface area contributed by atoms with Crippen molar-refractivity contribution in [3.8, 4) is 0 Å². The number of halogens is 2. The van der Waals surface area contributed by atoms with Crippen LogP contribution in [0.5, 0.6) is 0 Å². The first-order valence-electron chi connectivity index (χ1n) is 5.86. The third-order valence-corrected chi connectivity index (χ3v) is 3.42. The molecule has 0 amide bonds. The highest BCUT2D eigenvalue weighted by Crippen LogP contribution is 2.26. The standard InChI is InChI=1S/C13H19Br2N/c1-3-5-13(16-6-4-2)10-7-11(14)9-12(15)8-10/h7-9,13,16H,3-6H2,1-2H3. The van der Waals surface area contributed by atoms with Gasteiger partial charge in [-0.15, -0.1) is 0 Å². The van der Waals surface area contributed by atoms with E-state index in [9.17, 15) is 0 Å². The van der Waals surface area contributed by atoms with E-state index in [4.69, 9.17) is 0 Å². The van der Waals surface area contributed by atoms with E-state index >= 15 is 0 Å². The first-order valence-corrected chi connectivity index (χ1v) is 7.45. The van der Waals surface area contributed by atoms with Crippen LogP contribution in [0, 0.1) is 0 Å². The molecule has 0 aliphatic rings. The Morgan fingerprint density at radius 2 is 1.69 bits per heavy atom. The van der Waals surface area contributed by atoms with Gasteiger partial charge < -0.3 is 5.32 Å². The van der Waals surface area contributed by atoms with Gasteiger partial charge in [0.25, 0.3) is 0 Å². The lowest BCUT2D eigenvalue weighted by molar-refractivity contribution is 0.493. The average Bonchev–Trinajstić information content (AvgIpc) is 2.22. The molecule has 1 rings (SSSR count). The maximum absolute atomic E-state index is 3.60. The smallest absolute Gasteiger partial charge is 0.0320 e. The Labute approximate surface area is 115 Å². The second-order valence-electron chi connectivity index (χ2n) is 4.00. The predicted octanol–water partition coefficient (Wildman–Crippen LogP) is 5.05. The normalized spacial score (nSPS) is 12.8. The summed E-state index contributed by atoms with van der Waals surface area (Å²) in [6, 6.07) is 6.95. The van der Waals surface area contributed by atoms with E-state index in [0.717, 1.165) is 15.5 Å². The molecule has 1 aromatic carbocycles. The van der Waals surface area contributed by atoms with Crippen molar-refractivity contribution < 1.29 is 0 Å². The molecule has 0 spiro atoms. The van der Waals surface area contributed by atoms with Crippen LogP contribution < -0.4 is 5.32 Å². The van der Waals surface area contributed by atoms with E-state index in [2.05, 4.69) is 69.2 Å². The summed E-state index contributed by atoms with van der Waals surface area (Å²) in [5.41, 5.74) is 1.36. The summed E-state index contributed by atoms with van der Waals surface area (Å²) in [7, 11) is 0. The minimum absolute atomic E-state index is 0.471. The van der Waals surface area contributed by atoms with E-state index in [1.807, 2.05) is 0 Å². The second kappa shape index (κ2) is 7.46. The van der Waals surface area contributed by atoms with Gasteiger partial charge in [0.05, 0.1) is 0 Å². The number of benzene rings is 1. The van der Waals surface area contributed by atoms with Crippen LogP contribution in [-0.2, 0) is 0 Å². The fourth-order valence-electron chi connectivity index (χ4n) is 1.77. The molecule has 0 heterocycles. The van der Waals surface area contributed by atoms with Crippen LogP contribution in [0.25, 0.3) is 0 Å². The minimum atomic E-state index is 0.471. The second-order valence-corrected chi connectivity index (χ2v) is 5.83. The molecule has 1 unspecified atom stereocenters. The maximum Gasteiger partial charge on any atom is 0.0320 e. The quantitative estimate of drug-likeness (QED) is 0.758. The number of nitrogens with one attached hydrogen (secondary N) is 1. The summed E-state index contributed by atoms with van der Waals surface area (Å²) >= 11 is 7.09. The van der Waals surface area contributed by atoms with E-state index in [1.165, 1.54) is 24.8 Å². The zero-order valence-electron chi connectivity index (χ0n) is 9.89. The highest BCUT2D eigenvalue weighted by Gasteiger charge is 2.10. The average molecular weight is 349 g/mol. The Morgan fingerprint density at radius 1 is 1.06 bits per heavy atom. The number of hydrogen-bond donors (Lipinski definition) is 1. The highest BCUT2D eigenvalue weighted by molar-refractivity contribution is 9.11. The lowest BCUT2D eigenvalue weighted by Crippen LogP contribution is -2.22. The van der Waals surface area contributed by atoms with Gasteiger partial charge in [0.15, 0.2) is 0 Å². The summed E-state index contributed by atoms with van der Waals surface area (Å²) < 4.78 is 2.27. The molecule has 0 fully saturated rings. The lowest BCUT2D eigenvalue weighted by atomic mass is 10.0. The van der Waals surface area contributed by atoms with Crippen LogP contribution in [0.2, 0.25) is 0 Å².